The number of fused-ring (bicyclic) bond motifs is 1. The summed E-state index contributed by atoms with van der Waals surface area (Å²) in [4.78, 5) is 27.6. The molecule has 0 saturated heterocycles. The van der Waals surface area contributed by atoms with Gasteiger partial charge in [0.15, 0.2) is 0 Å². The van der Waals surface area contributed by atoms with Crippen LogP contribution in [0.3, 0.4) is 0 Å². The van der Waals surface area contributed by atoms with Crippen LogP contribution < -0.4 is 15.0 Å². The van der Waals surface area contributed by atoms with Gasteiger partial charge in [-0.1, -0.05) is 108 Å². The van der Waals surface area contributed by atoms with E-state index in [1.165, 1.54) is 64.2 Å². The van der Waals surface area contributed by atoms with Crippen molar-refractivity contribution >= 4 is 34.0 Å². The zero-order chi connectivity index (χ0) is 29.5. The highest BCUT2D eigenvalue weighted by Gasteiger charge is 2.20. The molecular formula is C35H48N2O4. The number of nitrogens with one attached hydrogen (secondary N) is 1. The Kier molecular flexibility index (Phi) is 13.5. The van der Waals surface area contributed by atoms with Gasteiger partial charge >= 0.3 is 0 Å². The molecule has 0 spiro atoms. The Hall–Kier alpha value is -3.54. The average molecular weight is 561 g/mol. The normalized spacial score (nSPS) is 11.0. The van der Waals surface area contributed by atoms with E-state index in [1.807, 2.05) is 37.3 Å². The molecule has 0 fully saturated rings. The Bertz CT molecular complexity index is 1260. The second-order valence-electron chi connectivity index (χ2n) is 10.8. The van der Waals surface area contributed by atoms with E-state index < -0.39 is 5.91 Å². The lowest BCUT2D eigenvalue weighted by atomic mass is 10.0. The highest BCUT2D eigenvalue weighted by Crippen LogP contribution is 2.36. The lowest BCUT2D eigenvalue weighted by Gasteiger charge is -2.23. The molecule has 3 aromatic rings. The summed E-state index contributed by atoms with van der Waals surface area (Å²) in [5.41, 5.74) is 1.45. The summed E-state index contributed by atoms with van der Waals surface area (Å²) in [5.74, 6) is 0.00159. The number of unbranched alkanes of at least 4 members (excludes halogenated alkanes) is 11. The summed E-state index contributed by atoms with van der Waals surface area (Å²) in [6.07, 6.45) is 15.2. The van der Waals surface area contributed by atoms with Gasteiger partial charge in [-0.05, 0) is 37.6 Å². The topological polar surface area (TPSA) is 78.9 Å². The molecule has 2 N–H and O–H groups in total. The van der Waals surface area contributed by atoms with E-state index >= 15 is 0 Å². The number of phenols is 1. The third-order valence-corrected chi connectivity index (χ3v) is 7.60. The fraction of sp³-hybridized carbons (Fsp3) is 0.486. The van der Waals surface area contributed by atoms with E-state index in [0.29, 0.717) is 30.0 Å². The molecule has 6 nitrogen and oxygen atoms in total. The highest BCUT2D eigenvalue weighted by atomic mass is 16.5. The SMILES string of the molecule is CCCCCCCCCCCCCCN(C(C)=O)c1cccc2c(O)c(C(=O)Nc3ccccc3OCC)ccc12. The summed E-state index contributed by atoms with van der Waals surface area (Å²) in [6, 6.07) is 16.1. The molecule has 0 aliphatic carbocycles. The Labute approximate surface area is 246 Å². The Balaban J connectivity index is 1.59. The van der Waals surface area contributed by atoms with Crippen molar-refractivity contribution in [3.8, 4) is 11.5 Å². The van der Waals surface area contributed by atoms with Crippen LogP contribution in [0.1, 0.15) is 108 Å². The molecule has 222 valence electrons. The number of hydrogen-bond donors (Lipinski definition) is 2. The molecule has 0 saturated carbocycles. The number of carbonyl (C=O) groups excluding carboxylic acids is 2. The van der Waals surface area contributed by atoms with E-state index in [2.05, 4.69) is 12.2 Å². The van der Waals surface area contributed by atoms with Gasteiger partial charge in [-0.25, -0.2) is 0 Å². The van der Waals surface area contributed by atoms with Gasteiger partial charge in [-0.2, -0.15) is 0 Å². The van der Waals surface area contributed by atoms with E-state index in [9.17, 15) is 14.7 Å². The smallest absolute Gasteiger partial charge is 0.259 e. The average Bonchev–Trinajstić information content (AvgIpc) is 2.96. The van der Waals surface area contributed by atoms with E-state index in [4.69, 9.17) is 4.74 Å². The van der Waals surface area contributed by atoms with Gasteiger partial charge in [0.1, 0.15) is 11.5 Å². The van der Waals surface area contributed by atoms with Crippen molar-refractivity contribution in [1.29, 1.82) is 0 Å². The number of benzene rings is 3. The number of hydrogen-bond acceptors (Lipinski definition) is 4. The lowest BCUT2D eigenvalue weighted by molar-refractivity contribution is -0.116. The predicted molar refractivity (Wildman–Crippen MR) is 170 cm³/mol. The number of aromatic hydroxyl groups is 1. The van der Waals surface area contributed by atoms with Crippen LogP contribution in [0.4, 0.5) is 11.4 Å². The first kappa shape index (κ1) is 32.0. The molecule has 0 aliphatic rings. The minimum Gasteiger partial charge on any atom is -0.506 e. The summed E-state index contributed by atoms with van der Waals surface area (Å²) in [6.45, 7) is 6.82. The molecule has 0 heterocycles. The number of para-hydroxylation sites is 2. The molecule has 0 radical (unpaired) electrons. The summed E-state index contributed by atoms with van der Waals surface area (Å²) < 4.78 is 5.61. The molecule has 41 heavy (non-hydrogen) atoms. The van der Waals surface area contributed by atoms with Crippen LogP contribution in [0.15, 0.2) is 54.6 Å². The first-order valence-corrected chi connectivity index (χ1v) is 15.5. The molecule has 0 aromatic heterocycles. The van der Waals surface area contributed by atoms with Crippen LogP contribution in [0.25, 0.3) is 10.8 Å². The summed E-state index contributed by atoms with van der Waals surface area (Å²) in [7, 11) is 0. The van der Waals surface area contributed by atoms with Crippen molar-refractivity contribution in [1.82, 2.24) is 0 Å². The van der Waals surface area contributed by atoms with Crippen LogP contribution in [0, 0.1) is 0 Å². The van der Waals surface area contributed by atoms with Crippen molar-refractivity contribution in [3.63, 3.8) is 0 Å². The number of anilines is 2. The molecule has 2 amide bonds. The number of carbonyl (C=O) groups is 2. The molecular weight excluding hydrogens is 512 g/mol. The minimum atomic E-state index is -0.429. The van der Waals surface area contributed by atoms with Gasteiger partial charge in [-0.15, -0.1) is 0 Å². The van der Waals surface area contributed by atoms with Gasteiger partial charge in [-0.3, -0.25) is 9.59 Å². The molecule has 0 aliphatic heterocycles. The number of rotatable bonds is 18. The largest absolute Gasteiger partial charge is 0.506 e. The molecule has 0 bridgehead atoms. The van der Waals surface area contributed by atoms with Gasteiger partial charge in [0.05, 0.1) is 23.5 Å². The van der Waals surface area contributed by atoms with Crippen molar-refractivity contribution in [2.45, 2.75) is 97.8 Å². The molecule has 0 atom stereocenters. The minimum absolute atomic E-state index is 0.0330. The van der Waals surface area contributed by atoms with E-state index in [1.54, 1.807) is 36.1 Å². The summed E-state index contributed by atoms with van der Waals surface area (Å²) >= 11 is 0. The second kappa shape index (κ2) is 17.3. The van der Waals surface area contributed by atoms with E-state index in [-0.39, 0.29) is 17.2 Å². The highest BCUT2D eigenvalue weighted by molar-refractivity contribution is 6.12. The monoisotopic (exact) mass is 560 g/mol. The fourth-order valence-corrected chi connectivity index (χ4v) is 5.34. The number of nitrogens with zero attached hydrogens (tertiary/aromatic N) is 1. The standard InChI is InChI=1S/C35H48N2O4/c1-4-6-7-8-9-10-11-12-13-14-15-18-26-37(27(3)38)32-22-19-20-29-28(32)24-25-30(34(29)39)35(40)36-31-21-16-17-23-33(31)41-5-2/h16-17,19-25,39H,4-15,18,26H2,1-3H3,(H,36,40). The zero-order valence-corrected chi connectivity index (χ0v) is 25.2. The first-order valence-electron chi connectivity index (χ1n) is 15.5. The van der Waals surface area contributed by atoms with Gasteiger partial charge in [0.25, 0.3) is 5.91 Å². The van der Waals surface area contributed by atoms with Crippen molar-refractivity contribution in [2.24, 2.45) is 0 Å². The maximum absolute atomic E-state index is 13.1. The van der Waals surface area contributed by atoms with E-state index in [0.717, 1.165) is 23.9 Å². The predicted octanol–water partition coefficient (Wildman–Crippen LogP) is 9.25. The maximum Gasteiger partial charge on any atom is 0.259 e. The van der Waals surface area contributed by atoms with Crippen molar-refractivity contribution in [2.75, 3.05) is 23.4 Å². The third kappa shape index (κ3) is 9.51. The Morgan fingerprint density at radius 3 is 2.02 bits per heavy atom. The zero-order valence-electron chi connectivity index (χ0n) is 25.2. The lowest BCUT2D eigenvalue weighted by Crippen LogP contribution is -2.29. The van der Waals surface area contributed by atoms with Crippen molar-refractivity contribution in [3.05, 3.63) is 60.2 Å². The van der Waals surface area contributed by atoms with Crippen LogP contribution in [0.5, 0.6) is 11.5 Å². The van der Waals surface area contributed by atoms with Crippen LogP contribution in [-0.2, 0) is 4.79 Å². The fourth-order valence-electron chi connectivity index (χ4n) is 5.34. The quantitative estimate of drug-likeness (QED) is 0.152. The Morgan fingerprint density at radius 1 is 0.756 bits per heavy atom. The number of amides is 2. The molecule has 3 rings (SSSR count). The maximum atomic E-state index is 13.1. The van der Waals surface area contributed by atoms with Crippen LogP contribution >= 0.6 is 0 Å². The Morgan fingerprint density at radius 2 is 1.39 bits per heavy atom. The van der Waals surface area contributed by atoms with Crippen LogP contribution in [0.2, 0.25) is 0 Å². The second-order valence-corrected chi connectivity index (χ2v) is 10.8. The van der Waals surface area contributed by atoms with Gasteiger partial charge in [0, 0.05) is 24.2 Å². The number of ether oxygens (including phenoxy) is 1. The molecule has 6 heteroatoms. The van der Waals surface area contributed by atoms with Gasteiger partial charge in [0.2, 0.25) is 5.91 Å². The summed E-state index contributed by atoms with van der Waals surface area (Å²) in [5, 5.41) is 15.2. The molecule has 3 aromatic carbocycles. The van der Waals surface area contributed by atoms with Crippen molar-refractivity contribution < 1.29 is 19.4 Å². The third-order valence-electron chi connectivity index (χ3n) is 7.60. The first-order chi connectivity index (χ1) is 20.0. The number of phenolic OH excluding ortho intramolecular Hbond substituents is 1. The van der Waals surface area contributed by atoms with Crippen LogP contribution in [-0.4, -0.2) is 30.1 Å². The molecule has 0 unspecified atom stereocenters. The van der Waals surface area contributed by atoms with Gasteiger partial charge < -0.3 is 20.1 Å².